The van der Waals surface area contributed by atoms with Gasteiger partial charge in [-0.25, -0.2) is 0 Å². The predicted octanol–water partition coefficient (Wildman–Crippen LogP) is 2.37. The molecule has 2 fully saturated rings. The summed E-state index contributed by atoms with van der Waals surface area (Å²) in [6.07, 6.45) is 5.13. The number of rotatable bonds is 4. The van der Waals surface area contributed by atoms with Crippen molar-refractivity contribution in [2.75, 3.05) is 32.7 Å². The Kier molecular flexibility index (Phi) is 11.6. The van der Waals surface area contributed by atoms with Crippen LogP contribution in [0.1, 0.15) is 25.0 Å². The van der Waals surface area contributed by atoms with Crippen LogP contribution < -0.4 is 5.73 Å². The molecule has 25 heavy (non-hydrogen) atoms. The third-order valence-corrected chi connectivity index (χ3v) is 5.07. The minimum atomic E-state index is 0. The summed E-state index contributed by atoms with van der Waals surface area (Å²) >= 11 is 0. The zero-order valence-corrected chi connectivity index (χ0v) is 16.8. The van der Waals surface area contributed by atoms with E-state index < -0.39 is 0 Å². The predicted molar refractivity (Wildman–Crippen MR) is 108 cm³/mol. The summed E-state index contributed by atoms with van der Waals surface area (Å²) in [4.78, 5) is 21.5. The van der Waals surface area contributed by atoms with Gasteiger partial charge in [0.15, 0.2) is 0 Å². The van der Waals surface area contributed by atoms with E-state index in [1.165, 1.54) is 0 Å². The van der Waals surface area contributed by atoms with Crippen LogP contribution in [0.25, 0.3) is 0 Å². The van der Waals surface area contributed by atoms with Crippen LogP contribution in [0.3, 0.4) is 0 Å². The molecule has 1 saturated carbocycles. The van der Waals surface area contributed by atoms with Gasteiger partial charge in [0, 0.05) is 44.8 Å². The maximum absolute atomic E-state index is 12.7. The zero-order valence-electron chi connectivity index (χ0n) is 14.4. The highest BCUT2D eigenvalue weighted by atomic mass is 35.5. The fraction of sp³-hybridized carbons (Fsp3) is 0.647. The lowest BCUT2D eigenvalue weighted by molar-refractivity contribution is -0.138. The van der Waals surface area contributed by atoms with Crippen molar-refractivity contribution in [2.45, 2.75) is 25.8 Å². The van der Waals surface area contributed by atoms with E-state index in [-0.39, 0.29) is 43.1 Å². The number of carbonyl (C=O) groups is 1. The van der Waals surface area contributed by atoms with Crippen LogP contribution in [0.5, 0.6) is 0 Å². The highest BCUT2D eigenvalue weighted by Gasteiger charge is 2.35. The molecule has 5 nitrogen and oxygen atoms in total. The molecule has 0 unspecified atom stereocenters. The van der Waals surface area contributed by atoms with E-state index in [1.54, 1.807) is 0 Å². The molecule has 2 aliphatic rings. The van der Waals surface area contributed by atoms with Gasteiger partial charge in [-0.2, -0.15) is 0 Å². The van der Waals surface area contributed by atoms with Crippen LogP contribution in [0.2, 0.25) is 0 Å². The van der Waals surface area contributed by atoms with Crippen LogP contribution in [-0.2, 0) is 11.3 Å². The SMILES string of the molecule is Cl.Cl.Cl.NC[C@H]1CCC[C@H]1C(=O)N1CCN(Cc2ccccn2)CC1. The first-order chi connectivity index (χ1) is 10.8. The van der Waals surface area contributed by atoms with E-state index in [4.69, 9.17) is 5.73 Å². The maximum Gasteiger partial charge on any atom is 0.226 e. The molecule has 8 heteroatoms. The van der Waals surface area contributed by atoms with Gasteiger partial charge in [0.05, 0.1) is 5.69 Å². The van der Waals surface area contributed by atoms with Crippen LogP contribution in [-0.4, -0.2) is 53.4 Å². The first-order valence-electron chi connectivity index (χ1n) is 8.39. The molecule has 1 amide bonds. The topological polar surface area (TPSA) is 62.5 Å². The summed E-state index contributed by atoms with van der Waals surface area (Å²) in [5.41, 5.74) is 6.91. The van der Waals surface area contributed by atoms with Crippen molar-refractivity contribution in [3.63, 3.8) is 0 Å². The van der Waals surface area contributed by atoms with Crippen molar-refractivity contribution in [2.24, 2.45) is 17.6 Å². The van der Waals surface area contributed by atoms with E-state index in [0.29, 0.717) is 18.4 Å². The minimum absolute atomic E-state index is 0. The third kappa shape index (κ3) is 6.26. The number of piperazine rings is 1. The number of halogens is 3. The van der Waals surface area contributed by atoms with Gasteiger partial charge < -0.3 is 10.6 Å². The molecule has 1 saturated heterocycles. The van der Waals surface area contributed by atoms with Gasteiger partial charge in [0.1, 0.15) is 0 Å². The summed E-state index contributed by atoms with van der Waals surface area (Å²) in [5.74, 6) is 0.914. The van der Waals surface area contributed by atoms with Crippen LogP contribution >= 0.6 is 37.2 Å². The Labute approximate surface area is 168 Å². The number of amides is 1. The zero-order chi connectivity index (χ0) is 15.4. The van der Waals surface area contributed by atoms with Gasteiger partial charge in [0.25, 0.3) is 0 Å². The van der Waals surface area contributed by atoms with Gasteiger partial charge in [-0.3, -0.25) is 14.7 Å². The number of hydrogen-bond donors (Lipinski definition) is 1. The average Bonchev–Trinajstić information content (AvgIpc) is 3.04. The molecule has 144 valence electrons. The minimum Gasteiger partial charge on any atom is -0.340 e. The Morgan fingerprint density at radius 1 is 1.12 bits per heavy atom. The summed E-state index contributed by atoms with van der Waals surface area (Å²) in [7, 11) is 0. The molecule has 0 spiro atoms. The van der Waals surface area contributed by atoms with E-state index in [9.17, 15) is 4.79 Å². The average molecular weight is 412 g/mol. The molecule has 3 rings (SSSR count). The highest BCUT2D eigenvalue weighted by Crippen LogP contribution is 2.32. The molecular formula is C17H29Cl3N4O. The van der Waals surface area contributed by atoms with Gasteiger partial charge >= 0.3 is 0 Å². The van der Waals surface area contributed by atoms with Crippen LogP contribution in [0, 0.1) is 11.8 Å². The normalized spacial score (nSPS) is 23.2. The second-order valence-corrected chi connectivity index (χ2v) is 6.46. The van der Waals surface area contributed by atoms with Crippen LogP contribution in [0.4, 0.5) is 0 Å². The number of nitrogens with zero attached hydrogens (tertiary/aromatic N) is 3. The van der Waals surface area contributed by atoms with Gasteiger partial charge in [-0.1, -0.05) is 12.5 Å². The first kappa shape index (κ1) is 24.4. The summed E-state index contributed by atoms with van der Waals surface area (Å²) in [6, 6.07) is 6.02. The Balaban J connectivity index is 0.00000192. The monoisotopic (exact) mass is 410 g/mol. The first-order valence-corrected chi connectivity index (χ1v) is 8.39. The second kappa shape index (κ2) is 11.9. The fourth-order valence-corrected chi connectivity index (χ4v) is 3.73. The molecule has 2 heterocycles. The second-order valence-electron chi connectivity index (χ2n) is 6.46. The molecule has 1 aliphatic carbocycles. The lowest BCUT2D eigenvalue weighted by atomic mass is 9.94. The third-order valence-electron chi connectivity index (χ3n) is 5.07. The van der Waals surface area contributed by atoms with Crippen molar-refractivity contribution in [1.29, 1.82) is 0 Å². The van der Waals surface area contributed by atoms with Crippen molar-refractivity contribution in [1.82, 2.24) is 14.8 Å². The van der Waals surface area contributed by atoms with Gasteiger partial charge in [-0.05, 0) is 37.4 Å². The molecular weight excluding hydrogens is 383 g/mol. The standard InChI is InChI=1S/C17H26N4O.3ClH/c18-12-14-4-3-6-16(14)17(22)21-10-8-20(9-11-21)13-15-5-1-2-7-19-15;;;/h1-2,5,7,14,16H,3-4,6,8-13,18H2;3*1H/t14-,16-;;;/m1.../s1. The number of nitrogens with two attached hydrogens (primary N) is 1. The smallest absolute Gasteiger partial charge is 0.226 e. The molecule has 2 N–H and O–H groups in total. The van der Waals surface area contributed by atoms with Crippen molar-refractivity contribution < 1.29 is 4.79 Å². The number of aromatic nitrogens is 1. The van der Waals surface area contributed by atoms with E-state index in [0.717, 1.165) is 57.7 Å². The Morgan fingerprint density at radius 2 is 1.84 bits per heavy atom. The Bertz CT molecular complexity index is 498. The maximum atomic E-state index is 12.7. The van der Waals surface area contributed by atoms with Crippen molar-refractivity contribution in [3.8, 4) is 0 Å². The van der Waals surface area contributed by atoms with E-state index in [2.05, 4.69) is 16.0 Å². The number of carbonyl (C=O) groups excluding carboxylic acids is 1. The van der Waals surface area contributed by atoms with Gasteiger partial charge in [0.2, 0.25) is 5.91 Å². The van der Waals surface area contributed by atoms with Gasteiger partial charge in [-0.15, -0.1) is 37.2 Å². The molecule has 1 aromatic heterocycles. The molecule has 1 aromatic rings. The summed E-state index contributed by atoms with van der Waals surface area (Å²) in [6.45, 7) is 5.05. The lowest BCUT2D eigenvalue weighted by Gasteiger charge is -2.36. The quantitative estimate of drug-likeness (QED) is 0.826. The van der Waals surface area contributed by atoms with Crippen LogP contribution in [0.15, 0.2) is 24.4 Å². The molecule has 0 aromatic carbocycles. The number of hydrogen-bond acceptors (Lipinski definition) is 4. The molecule has 1 aliphatic heterocycles. The summed E-state index contributed by atoms with van der Waals surface area (Å²) in [5, 5.41) is 0. The molecule has 2 atom stereocenters. The van der Waals surface area contributed by atoms with Crippen molar-refractivity contribution >= 4 is 43.1 Å². The van der Waals surface area contributed by atoms with E-state index in [1.807, 2.05) is 23.2 Å². The Hall–Kier alpha value is -0.590. The molecule has 0 bridgehead atoms. The highest BCUT2D eigenvalue weighted by molar-refractivity contribution is 5.86. The largest absolute Gasteiger partial charge is 0.340 e. The Morgan fingerprint density at radius 3 is 2.44 bits per heavy atom. The van der Waals surface area contributed by atoms with Crippen molar-refractivity contribution in [3.05, 3.63) is 30.1 Å². The van der Waals surface area contributed by atoms with E-state index >= 15 is 0 Å². The lowest BCUT2D eigenvalue weighted by Crippen LogP contribution is -2.50. The fourth-order valence-electron chi connectivity index (χ4n) is 3.73. The molecule has 0 radical (unpaired) electrons. The number of pyridine rings is 1. The summed E-state index contributed by atoms with van der Waals surface area (Å²) < 4.78 is 0.